The molecular weight excluding hydrogens is 160 g/mol. The highest BCUT2D eigenvalue weighted by atomic mass is 16.4. The molecule has 0 aliphatic rings. The van der Waals surface area contributed by atoms with E-state index in [4.69, 9.17) is 10.2 Å². The first-order chi connectivity index (χ1) is 5.24. The van der Waals surface area contributed by atoms with Crippen LogP contribution in [0, 0.1) is 0 Å². The van der Waals surface area contributed by atoms with E-state index in [1.54, 1.807) is 6.92 Å². The third-order valence-corrected chi connectivity index (χ3v) is 1.15. The predicted molar refractivity (Wildman–Crippen MR) is 44.9 cm³/mol. The maximum absolute atomic E-state index is 10.0. The number of rotatable bonds is 2. The second kappa shape index (κ2) is 5.71. The number of carboxylic acid groups (broad SMARTS) is 1. The lowest BCUT2D eigenvalue weighted by molar-refractivity contribution is -0.156. The smallest absolute Gasteiger partial charge is 0.335 e. The van der Waals surface area contributed by atoms with Gasteiger partial charge in [-0.25, -0.2) is 4.79 Å². The van der Waals surface area contributed by atoms with Crippen LogP contribution >= 0.6 is 0 Å². The van der Waals surface area contributed by atoms with Gasteiger partial charge in [-0.1, -0.05) is 6.92 Å². The number of aliphatic hydroxyl groups is 1. The zero-order valence-electron chi connectivity index (χ0n) is 7.92. The predicted octanol–water partition coefficient (Wildman–Crippen LogP) is 0.827. The Morgan fingerprint density at radius 2 is 1.58 bits per heavy atom. The van der Waals surface area contributed by atoms with E-state index >= 15 is 0 Å². The standard InChI is InChI=1S/C5H10O3.C3H6O/c1-3-5(2,8)4(6)7;1-3(2)4/h8H,3H2,1-2H3,(H,6,7);1-2H3. The lowest BCUT2D eigenvalue weighted by Crippen LogP contribution is -2.33. The molecule has 4 heteroatoms. The molecule has 0 aliphatic heterocycles. The van der Waals surface area contributed by atoms with Gasteiger partial charge in [0.15, 0.2) is 5.60 Å². The van der Waals surface area contributed by atoms with Crippen LogP contribution in [-0.4, -0.2) is 27.6 Å². The summed E-state index contributed by atoms with van der Waals surface area (Å²) in [4.78, 5) is 19.4. The van der Waals surface area contributed by atoms with Crippen LogP contribution in [0.2, 0.25) is 0 Å². The number of carboxylic acids is 1. The van der Waals surface area contributed by atoms with Gasteiger partial charge in [-0.2, -0.15) is 0 Å². The number of Topliss-reactive ketones (excluding diaryl/α,β-unsaturated/α-hetero) is 1. The quantitative estimate of drug-likeness (QED) is 0.653. The van der Waals surface area contributed by atoms with Gasteiger partial charge in [0.25, 0.3) is 0 Å². The number of carbonyl (C=O) groups excluding carboxylic acids is 1. The number of hydrogen-bond donors (Lipinski definition) is 2. The highest BCUT2D eigenvalue weighted by Crippen LogP contribution is 2.06. The molecule has 0 spiro atoms. The van der Waals surface area contributed by atoms with Crippen LogP contribution in [0.5, 0.6) is 0 Å². The third kappa shape index (κ3) is 9.10. The number of hydrogen-bond acceptors (Lipinski definition) is 3. The fourth-order valence-corrected chi connectivity index (χ4v) is 0.151. The second-order valence-corrected chi connectivity index (χ2v) is 2.84. The number of ketones is 1. The number of aliphatic carboxylic acids is 1. The zero-order chi connectivity index (χ0) is 10.4. The summed E-state index contributed by atoms with van der Waals surface area (Å²) in [5, 5.41) is 17.0. The van der Waals surface area contributed by atoms with Crippen molar-refractivity contribution in [2.75, 3.05) is 0 Å². The largest absolute Gasteiger partial charge is 0.479 e. The first-order valence-corrected chi connectivity index (χ1v) is 3.67. The van der Waals surface area contributed by atoms with E-state index in [2.05, 4.69) is 0 Å². The molecule has 0 saturated carbocycles. The van der Waals surface area contributed by atoms with E-state index in [1.807, 2.05) is 0 Å². The van der Waals surface area contributed by atoms with Crippen molar-refractivity contribution in [2.24, 2.45) is 0 Å². The molecule has 12 heavy (non-hydrogen) atoms. The molecule has 0 rings (SSSR count). The van der Waals surface area contributed by atoms with Gasteiger partial charge in [-0.15, -0.1) is 0 Å². The Hall–Kier alpha value is -0.900. The minimum atomic E-state index is -1.54. The van der Waals surface area contributed by atoms with Crippen molar-refractivity contribution in [1.29, 1.82) is 0 Å². The van der Waals surface area contributed by atoms with Crippen molar-refractivity contribution in [3.8, 4) is 0 Å². The topological polar surface area (TPSA) is 74.6 Å². The lowest BCUT2D eigenvalue weighted by Gasteiger charge is -2.13. The average Bonchev–Trinajstić information content (AvgIpc) is 1.86. The lowest BCUT2D eigenvalue weighted by atomic mass is 10.1. The Kier molecular flexibility index (Phi) is 6.51. The molecule has 0 saturated heterocycles. The van der Waals surface area contributed by atoms with Gasteiger partial charge in [-0.3, -0.25) is 0 Å². The van der Waals surface area contributed by atoms with Gasteiger partial charge in [0.1, 0.15) is 5.78 Å². The Morgan fingerprint density at radius 3 is 1.58 bits per heavy atom. The van der Waals surface area contributed by atoms with Crippen LogP contribution in [0.25, 0.3) is 0 Å². The van der Waals surface area contributed by atoms with Crippen LogP contribution in [0.3, 0.4) is 0 Å². The van der Waals surface area contributed by atoms with Gasteiger partial charge < -0.3 is 15.0 Å². The van der Waals surface area contributed by atoms with Crippen molar-refractivity contribution >= 4 is 11.8 Å². The van der Waals surface area contributed by atoms with Gasteiger partial charge in [0.2, 0.25) is 0 Å². The second-order valence-electron chi connectivity index (χ2n) is 2.84. The molecule has 0 aromatic carbocycles. The maximum atomic E-state index is 10.0. The molecule has 0 aliphatic carbocycles. The Morgan fingerprint density at radius 1 is 1.33 bits per heavy atom. The Balaban J connectivity index is 0. The number of carbonyl (C=O) groups is 2. The van der Waals surface area contributed by atoms with Crippen molar-refractivity contribution in [3.63, 3.8) is 0 Å². The zero-order valence-corrected chi connectivity index (χ0v) is 7.92. The van der Waals surface area contributed by atoms with Crippen molar-refractivity contribution in [2.45, 2.75) is 39.7 Å². The van der Waals surface area contributed by atoms with Gasteiger partial charge in [0, 0.05) is 0 Å². The molecule has 1 atom stereocenters. The van der Waals surface area contributed by atoms with E-state index in [9.17, 15) is 9.59 Å². The van der Waals surface area contributed by atoms with E-state index < -0.39 is 11.6 Å². The van der Waals surface area contributed by atoms with Gasteiger partial charge in [-0.05, 0) is 27.2 Å². The van der Waals surface area contributed by atoms with E-state index in [0.717, 1.165) is 0 Å². The van der Waals surface area contributed by atoms with Crippen LogP contribution < -0.4 is 0 Å². The molecule has 4 nitrogen and oxygen atoms in total. The highest BCUT2D eigenvalue weighted by Gasteiger charge is 2.26. The normalized spacial score (nSPS) is 13.8. The summed E-state index contributed by atoms with van der Waals surface area (Å²) < 4.78 is 0. The first-order valence-electron chi connectivity index (χ1n) is 3.67. The van der Waals surface area contributed by atoms with E-state index in [1.165, 1.54) is 20.8 Å². The third-order valence-electron chi connectivity index (χ3n) is 1.15. The maximum Gasteiger partial charge on any atom is 0.335 e. The molecule has 0 heterocycles. The summed E-state index contributed by atoms with van der Waals surface area (Å²) in [7, 11) is 0. The fraction of sp³-hybridized carbons (Fsp3) is 0.750. The van der Waals surface area contributed by atoms with Crippen LogP contribution in [0.15, 0.2) is 0 Å². The summed E-state index contributed by atoms with van der Waals surface area (Å²) in [6, 6.07) is 0. The first kappa shape index (κ1) is 13.7. The molecule has 0 aromatic heterocycles. The van der Waals surface area contributed by atoms with Crippen LogP contribution in [-0.2, 0) is 9.59 Å². The van der Waals surface area contributed by atoms with Gasteiger partial charge in [0.05, 0.1) is 0 Å². The van der Waals surface area contributed by atoms with Crippen LogP contribution in [0.1, 0.15) is 34.1 Å². The summed E-state index contributed by atoms with van der Waals surface area (Å²) >= 11 is 0. The molecular formula is C8H16O4. The molecule has 0 fully saturated rings. The summed E-state index contributed by atoms with van der Waals surface area (Å²) in [5.41, 5.74) is -1.54. The van der Waals surface area contributed by atoms with E-state index in [0.29, 0.717) is 0 Å². The van der Waals surface area contributed by atoms with E-state index in [-0.39, 0.29) is 12.2 Å². The molecule has 0 bridgehead atoms. The van der Waals surface area contributed by atoms with Crippen molar-refractivity contribution < 1.29 is 19.8 Å². The summed E-state index contributed by atoms with van der Waals surface area (Å²) in [6.07, 6.45) is 0.238. The monoisotopic (exact) mass is 176 g/mol. The molecule has 0 amide bonds. The minimum Gasteiger partial charge on any atom is -0.479 e. The molecule has 72 valence electrons. The van der Waals surface area contributed by atoms with Crippen LogP contribution in [0.4, 0.5) is 0 Å². The highest BCUT2D eigenvalue weighted by molar-refractivity contribution is 5.76. The minimum absolute atomic E-state index is 0.167. The fourth-order valence-electron chi connectivity index (χ4n) is 0.151. The molecule has 0 radical (unpaired) electrons. The van der Waals surface area contributed by atoms with Crippen molar-refractivity contribution in [1.82, 2.24) is 0 Å². The average molecular weight is 176 g/mol. The summed E-state index contributed by atoms with van der Waals surface area (Å²) in [5.74, 6) is -1.000. The SMILES string of the molecule is CC(C)=O.CCC(C)(O)C(=O)O. The Bertz CT molecular complexity index is 156. The molecule has 0 aromatic rings. The molecule has 1 unspecified atom stereocenters. The summed E-state index contributed by atoms with van der Waals surface area (Å²) in [6.45, 7) is 5.95. The van der Waals surface area contributed by atoms with Gasteiger partial charge >= 0.3 is 5.97 Å². The Labute approximate surface area is 72.2 Å². The molecule has 2 N–H and O–H groups in total. The van der Waals surface area contributed by atoms with Crippen molar-refractivity contribution in [3.05, 3.63) is 0 Å².